The molecule has 0 radical (unpaired) electrons. The van der Waals surface area contributed by atoms with Crippen molar-refractivity contribution in [2.45, 2.75) is 0 Å². The average molecular weight is 472 g/mol. The van der Waals surface area contributed by atoms with Gasteiger partial charge in [-0.25, -0.2) is 0 Å². The first-order chi connectivity index (χ1) is 15.5. The molecule has 3 heterocycles. The van der Waals surface area contributed by atoms with Gasteiger partial charge >= 0.3 is 0 Å². The highest BCUT2D eigenvalue weighted by Gasteiger charge is 2.20. The molecule has 11 heteroatoms. The van der Waals surface area contributed by atoms with Crippen LogP contribution in [0.2, 0.25) is 5.02 Å². The zero-order valence-electron chi connectivity index (χ0n) is 17.4. The second kappa shape index (κ2) is 10.1. The molecule has 32 heavy (non-hydrogen) atoms. The van der Waals surface area contributed by atoms with Crippen LogP contribution >= 0.6 is 22.9 Å². The zero-order valence-corrected chi connectivity index (χ0v) is 19.0. The summed E-state index contributed by atoms with van der Waals surface area (Å²) >= 11 is 7.36. The number of likely N-dealkylation sites (N-methyl/N-ethyl adjacent to an activating group) is 1. The van der Waals surface area contributed by atoms with Gasteiger partial charge in [-0.15, -0.1) is 10.2 Å². The lowest BCUT2D eigenvalue weighted by Crippen LogP contribution is -2.47. The van der Waals surface area contributed by atoms with Gasteiger partial charge in [-0.2, -0.15) is 0 Å². The number of hydrogen-bond acceptors (Lipinski definition) is 8. The molecule has 0 saturated carbocycles. The molecule has 1 fully saturated rings. The van der Waals surface area contributed by atoms with Crippen molar-refractivity contribution >= 4 is 45.6 Å². The Morgan fingerprint density at radius 2 is 1.94 bits per heavy atom. The SMILES string of the molecule is CN1CCN(CC(=O)Nc2cc(Cl)ccc2C(=O)Nc2nnc(-c3cccnc3)s2)CC1. The van der Waals surface area contributed by atoms with E-state index in [-0.39, 0.29) is 12.5 Å². The topological polar surface area (TPSA) is 103 Å². The molecule has 2 N–H and O–H groups in total. The van der Waals surface area contributed by atoms with Crippen molar-refractivity contribution in [3.8, 4) is 10.6 Å². The summed E-state index contributed by atoms with van der Waals surface area (Å²) in [5.74, 6) is -0.605. The Morgan fingerprint density at radius 3 is 2.69 bits per heavy atom. The number of anilines is 2. The third-order valence-corrected chi connectivity index (χ3v) is 6.14. The van der Waals surface area contributed by atoms with Crippen molar-refractivity contribution in [3.63, 3.8) is 0 Å². The predicted octanol–water partition coefficient (Wildman–Crippen LogP) is 2.69. The molecule has 3 aromatic rings. The van der Waals surface area contributed by atoms with Gasteiger partial charge in [-0.3, -0.25) is 24.8 Å². The average Bonchev–Trinajstić information content (AvgIpc) is 3.24. The van der Waals surface area contributed by atoms with Crippen LogP contribution in [-0.4, -0.2) is 76.6 Å². The third kappa shape index (κ3) is 5.65. The largest absolute Gasteiger partial charge is 0.324 e. The van der Waals surface area contributed by atoms with Crippen LogP contribution in [0.25, 0.3) is 10.6 Å². The van der Waals surface area contributed by atoms with E-state index in [0.717, 1.165) is 31.7 Å². The molecular weight excluding hydrogens is 450 g/mol. The second-order valence-electron chi connectivity index (χ2n) is 7.43. The number of carbonyl (C=O) groups excluding carboxylic acids is 2. The summed E-state index contributed by atoms with van der Waals surface area (Å²) in [5.41, 5.74) is 1.46. The lowest BCUT2D eigenvalue weighted by molar-refractivity contribution is -0.117. The van der Waals surface area contributed by atoms with E-state index in [0.29, 0.717) is 26.4 Å². The maximum Gasteiger partial charge on any atom is 0.259 e. The number of hydrogen-bond donors (Lipinski definition) is 2. The predicted molar refractivity (Wildman–Crippen MR) is 125 cm³/mol. The summed E-state index contributed by atoms with van der Waals surface area (Å²) in [6.07, 6.45) is 3.35. The van der Waals surface area contributed by atoms with Crippen molar-refractivity contribution in [1.82, 2.24) is 25.0 Å². The van der Waals surface area contributed by atoms with Gasteiger partial charge in [0.05, 0.1) is 17.8 Å². The third-order valence-electron chi connectivity index (χ3n) is 5.02. The maximum absolute atomic E-state index is 12.9. The van der Waals surface area contributed by atoms with Gasteiger partial charge in [-0.1, -0.05) is 22.9 Å². The van der Waals surface area contributed by atoms with E-state index in [2.05, 4.69) is 42.7 Å². The first-order valence-corrected chi connectivity index (χ1v) is 11.2. The van der Waals surface area contributed by atoms with E-state index in [1.54, 1.807) is 36.7 Å². The fourth-order valence-corrected chi connectivity index (χ4v) is 4.16. The van der Waals surface area contributed by atoms with E-state index >= 15 is 0 Å². The van der Waals surface area contributed by atoms with E-state index in [1.165, 1.54) is 11.3 Å². The molecule has 1 aliphatic heterocycles. The zero-order chi connectivity index (χ0) is 22.5. The van der Waals surface area contributed by atoms with Gasteiger partial charge in [-0.05, 0) is 37.4 Å². The van der Waals surface area contributed by atoms with E-state index < -0.39 is 5.91 Å². The van der Waals surface area contributed by atoms with Gasteiger partial charge in [0.1, 0.15) is 0 Å². The van der Waals surface area contributed by atoms with E-state index in [4.69, 9.17) is 11.6 Å². The Kier molecular flexibility index (Phi) is 7.05. The van der Waals surface area contributed by atoms with Crippen LogP contribution in [0.4, 0.5) is 10.8 Å². The molecule has 1 saturated heterocycles. The van der Waals surface area contributed by atoms with Crippen molar-refractivity contribution < 1.29 is 9.59 Å². The molecule has 0 atom stereocenters. The van der Waals surface area contributed by atoms with Crippen LogP contribution in [0.1, 0.15) is 10.4 Å². The fraction of sp³-hybridized carbons (Fsp3) is 0.286. The van der Waals surface area contributed by atoms with Crippen LogP contribution in [0.3, 0.4) is 0 Å². The molecule has 4 rings (SSSR count). The number of pyridine rings is 1. The van der Waals surface area contributed by atoms with Crippen LogP contribution < -0.4 is 10.6 Å². The smallest absolute Gasteiger partial charge is 0.259 e. The first kappa shape index (κ1) is 22.3. The summed E-state index contributed by atoms with van der Waals surface area (Å²) in [6.45, 7) is 3.74. The number of halogens is 1. The van der Waals surface area contributed by atoms with Crippen LogP contribution in [0, 0.1) is 0 Å². The van der Waals surface area contributed by atoms with Gasteiger partial charge in [0.15, 0.2) is 5.01 Å². The van der Waals surface area contributed by atoms with Gasteiger partial charge in [0.2, 0.25) is 11.0 Å². The van der Waals surface area contributed by atoms with Crippen molar-refractivity contribution in [3.05, 3.63) is 53.3 Å². The summed E-state index contributed by atoms with van der Waals surface area (Å²) < 4.78 is 0. The quantitative estimate of drug-likeness (QED) is 0.569. The number of amides is 2. The summed E-state index contributed by atoms with van der Waals surface area (Å²) in [5, 5.41) is 15.1. The van der Waals surface area contributed by atoms with Crippen molar-refractivity contribution in [2.24, 2.45) is 0 Å². The molecular formula is C21H22ClN7O2S. The fourth-order valence-electron chi connectivity index (χ4n) is 3.26. The molecule has 0 bridgehead atoms. The molecule has 166 valence electrons. The number of piperazine rings is 1. The number of nitrogens with zero attached hydrogens (tertiary/aromatic N) is 5. The minimum atomic E-state index is -0.412. The highest BCUT2D eigenvalue weighted by atomic mass is 35.5. The van der Waals surface area contributed by atoms with E-state index in [9.17, 15) is 9.59 Å². The molecule has 1 aliphatic rings. The number of nitrogens with one attached hydrogen (secondary N) is 2. The molecule has 2 amide bonds. The Balaban J connectivity index is 1.44. The summed E-state index contributed by atoms with van der Waals surface area (Å²) in [7, 11) is 2.06. The number of benzene rings is 1. The Bertz CT molecular complexity index is 1100. The van der Waals surface area contributed by atoms with Gasteiger partial charge in [0, 0.05) is 49.2 Å². The van der Waals surface area contributed by atoms with Gasteiger partial charge in [0.25, 0.3) is 5.91 Å². The first-order valence-electron chi connectivity index (χ1n) is 10.0. The lowest BCUT2D eigenvalue weighted by Gasteiger charge is -2.31. The Labute approximate surface area is 194 Å². The number of aromatic nitrogens is 3. The number of carbonyl (C=O) groups is 2. The van der Waals surface area contributed by atoms with E-state index in [1.807, 2.05) is 6.07 Å². The Hall–Kier alpha value is -2.92. The molecule has 0 spiro atoms. The molecule has 1 aromatic carbocycles. The van der Waals surface area contributed by atoms with Crippen LogP contribution in [-0.2, 0) is 4.79 Å². The standard InChI is InChI=1S/C21H22ClN7O2S/c1-28-7-9-29(10-8-28)13-18(30)24-17-11-15(22)4-5-16(17)19(31)25-21-27-26-20(32-21)14-3-2-6-23-12-14/h2-6,11-12H,7-10,13H2,1H3,(H,24,30)(H,25,27,31). The van der Waals surface area contributed by atoms with Gasteiger partial charge < -0.3 is 10.2 Å². The number of rotatable bonds is 6. The maximum atomic E-state index is 12.9. The lowest BCUT2D eigenvalue weighted by atomic mass is 10.1. The molecule has 0 aliphatic carbocycles. The summed E-state index contributed by atoms with van der Waals surface area (Å²) in [6, 6.07) is 8.42. The second-order valence-corrected chi connectivity index (χ2v) is 8.84. The molecule has 0 unspecified atom stereocenters. The van der Waals surface area contributed by atoms with Crippen molar-refractivity contribution in [2.75, 3.05) is 50.4 Å². The highest BCUT2D eigenvalue weighted by Crippen LogP contribution is 2.27. The molecule has 2 aromatic heterocycles. The minimum absolute atomic E-state index is 0.194. The Morgan fingerprint density at radius 1 is 1.12 bits per heavy atom. The molecule has 9 nitrogen and oxygen atoms in total. The highest BCUT2D eigenvalue weighted by molar-refractivity contribution is 7.18. The summed E-state index contributed by atoms with van der Waals surface area (Å²) in [4.78, 5) is 33.9. The van der Waals surface area contributed by atoms with Crippen LogP contribution in [0.15, 0.2) is 42.7 Å². The minimum Gasteiger partial charge on any atom is -0.324 e. The van der Waals surface area contributed by atoms with Crippen molar-refractivity contribution in [1.29, 1.82) is 0 Å². The van der Waals surface area contributed by atoms with Crippen LogP contribution in [0.5, 0.6) is 0 Å². The normalized spacial score (nSPS) is 14.8. The monoisotopic (exact) mass is 471 g/mol.